The third kappa shape index (κ3) is 2.17. The maximum atomic E-state index is 12.0. The molecule has 0 aromatic heterocycles. The minimum absolute atomic E-state index is 0.114. The van der Waals surface area contributed by atoms with Gasteiger partial charge in [-0.05, 0) is 31.7 Å². The highest BCUT2D eigenvalue weighted by atomic mass is 16.2. The summed E-state index contributed by atoms with van der Waals surface area (Å²) in [6.45, 7) is 6.30. The van der Waals surface area contributed by atoms with Gasteiger partial charge < -0.3 is 10.2 Å². The molecule has 3 heteroatoms. The molecule has 0 spiro atoms. The first-order valence-corrected chi connectivity index (χ1v) is 6.31. The molecule has 1 amide bonds. The molecule has 1 saturated carbocycles. The predicted octanol–water partition coefficient (Wildman–Crippen LogP) is 1.39. The van der Waals surface area contributed by atoms with Gasteiger partial charge in [-0.3, -0.25) is 4.79 Å². The molecule has 2 rings (SSSR count). The summed E-state index contributed by atoms with van der Waals surface area (Å²) in [6, 6.07) is 0.694. The molecular weight excluding hydrogens is 188 g/mol. The summed E-state index contributed by atoms with van der Waals surface area (Å²) < 4.78 is 0. The number of hydrogen-bond donors (Lipinski definition) is 1. The Morgan fingerprint density at radius 2 is 2.27 bits per heavy atom. The molecule has 0 aromatic carbocycles. The molecule has 86 valence electrons. The second kappa shape index (κ2) is 4.52. The first-order valence-electron chi connectivity index (χ1n) is 6.31. The molecule has 0 radical (unpaired) electrons. The quantitative estimate of drug-likeness (QED) is 0.743. The van der Waals surface area contributed by atoms with Gasteiger partial charge in [0.05, 0.1) is 6.04 Å². The van der Waals surface area contributed by atoms with Crippen LogP contribution in [0, 0.1) is 5.92 Å². The molecule has 0 aromatic rings. The van der Waals surface area contributed by atoms with Crippen LogP contribution in [-0.4, -0.2) is 36.0 Å². The number of nitrogens with zero attached hydrogens (tertiary/aromatic N) is 1. The van der Waals surface area contributed by atoms with Crippen LogP contribution in [0.3, 0.4) is 0 Å². The van der Waals surface area contributed by atoms with Crippen LogP contribution in [-0.2, 0) is 4.79 Å². The Hall–Kier alpha value is -0.570. The Kier molecular flexibility index (Phi) is 3.29. The van der Waals surface area contributed by atoms with E-state index in [0.717, 1.165) is 31.8 Å². The standard InChI is InChI=1S/C12H22N2O/c1-3-6-13-10-5-7-14(12(10)15)11-8-9(11)4-2/h9-11,13H,3-8H2,1-2H3. The van der Waals surface area contributed by atoms with Gasteiger partial charge in [0, 0.05) is 12.6 Å². The normalized spacial score (nSPS) is 34.9. The minimum Gasteiger partial charge on any atom is -0.338 e. The average molecular weight is 210 g/mol. The monoisotopic (exact) mass is 210 g/mol. The van der Waals surface area contributed by atoms with Gasteiger partial charge in [-0.1, -0.05) is 20.3 Å². The predicted molar refractivity (Wildman–Crippen MR) is 60.6 cm³/mol. The van der Waals surface area contributed by atoms with E-state index in [1.807, 2.05) is 0 Å². The van der Waals surface area contributed by atoms with Gasteiger partial charge >= 0.3 is 0 Å². The van der Waals surface area contributed by atoms with Gasteiger partial charge in [0.15, 0.2) is 0 Å². The molecule has 2 aliphatic rings. The van der Waals surface area contributed by atoms with Gasteiger partial charge in [0.1, 0.15) is 0 Å². The lowest BCUT2D eigenvalue weighted by Crippen LogP contribution is -2.39. The van der Waals surface area contributed by atoms with Crippen molar-refractivity contribution in [3.63, 3.8) is 0 Å². The Labute approximate surface area is 92.2 Å². The van der Waals surface area contributed by atoms with E-state index in [-0.39, 0.29) is 6.04 Å². The second-order valence-corrected chi connectivity index (χ2v) is 4.80. The smallest absolute Gasteiger partial charge is 0.240 e. The van der Waals surface area contributed by atoms with Crippen LogP contribution in [0.5, 0.6) is 0 Å². The molecule has 1 aliphatic heterocycles. The average Bonchev–Trinajstić information content (AvgIpc) is 2.94. The summed E-state index contributed by atoms with van der Waals surface area (Å²) in [4.78, 5) is 14.1. The van der Waals surface area contributed by atoms with E-state index in [4.69, 9.17) is 0 Å². The maximum absolute atomic E-state index is 12.0. The number of carbonyl (C=O) groups excluding carboxylic acids is 1. The van der Waals surface area contributed by atoms with Gasteiger partial charge in [0.2, 0.25) is 5.91 Å². The molecule has 0 bridgehead atoms. The van der Waals surface area contributed by atoms with Gasteiger partial charge in [-0.2, -0.15) is 0 Å². The Bertz CT molecular complexity index is 242. The zero-order chi connectivity index (χ0) is 10.8. The molecule has 2 fully saturated rings. The Morgan fingerprint density at radius 3 is 2.87 bits per heavy atom. The third-order valence-corrected chi connectivity index (χ3v) is 3.69. The van der Waals surface area contributed by atoms with Crippen LogP contribution in [0.25, 0.3) is 0 Å². The molecular formula is C12H22N2O. The number of likely N-dealkylation sites (tertiary alicyclic amines) is 1. The maximum Gasteiger partial charge on any atom is 0.240 e. The topological polar surface area (TPSA) is 32.3 Å². The van der Waals surface area contributed by atoms with Crippen LogP contribution < -0.4 is 5.32 Å². The number of carbonyl (C=O) groups is 1. The van der Waals surface area contributed by atoms with Gasteiger partial charge in [-0.25, -0.2) is 0 Å². The Balaban J connectivity index is 1.82. The van der Waals surface area contributed by atoms with E-state index in [0.29, 0.717) is 11.9 Å². The summed E-state index contributed by atoms with van der Waals surface area (Å²) in [5, 5.41) is 3.34. The van der Waals surface area contributed by atoms with E-state index >= 15 is 0 Å². The number of amides is 1. The van der Waals surface area contributed by atoms with Crippen LogP contribution in [0.4, 0.5) is 0 Å². The second-order valence-electron chi connectivity index (χ2n) is 4.80. The van der Waals surface area contributed by atoms with Crippen molar-refractivity contribution in [3.8, 4) is 0 Å². The van der Waals surface area contributed by atoms with Crippen molar-refractivity contribution in [1.82, 2.24) is 10.2 Å². The van der Waals surface area contributed by atoms with E-state index in [1.54, 1.807) is 0 Å². The van der Waals surface area contributed by atoms with Gasteiger partial charge in [-0.15, -0.1) is 0 Å². The molecule has 1 N–H and O–H groups in total. The van der Waals surface area contributed by atoms with Crippen LogP contribution in [0.15, 0.2) is 0 Å². The van der Waals surface area contributed by atoms with Crippen molar-refractivity contribution in [2.75, 3.05) is 13.1 Å². The fourth-order valence-corrected chi connectivity index (χ4v) is 2.59. The Morgan fingerprint density at radius 1 is 1.47 bits per heavy atom. The summed E-state index contributed by atoms with van der Waals surface area (Å²) >= 11 is 0. The lowest BCUT2D eigenvalue weighted by molar-refractivity contribution is -0.130. The number of rotatable bonds is 5. The highest BCUT2D eigenvalue weighted by molar-refractivity contribution is 5.84. The molecule has 3 atom stereocenters. The van der Waals surface area contributed by atoms with Gasteiger partial charge in [0.25, 0.3) is 0 Å². The molecule has 1 saturated heterocycles. The van der Waals surface area contributed by atoms with Crippen molar-refractivity contribution in [1.29, 1.82) is 0 Å². The van der Waals surface area contributed by atoms with Crippen molar-refractivity contribution in [3.05, 3.63) is 0 Å². The number of nitrogens with one attached hydrogen (secondary N) is 1. The zero-order valence-electron chi connectivity index (χ0n) is 9.83. The lowest BCUT2D eigenvalue weighted by atomic mass is 10.2. The van der Waals surface area contributed by atoms with E-state index in [2.05, 4.69) is 24.1 Å². The summed E-state index contributed by atoms with van der Waals surface area (Å²) in [5.74, 6) is 1.14. The highest BCUT2D eigenvalue weighted by Crippen LogP contribution is 2.40. The van der Waals surface area contributed by atoms with E-state index in [9.17, 15) is 4.79 Å². The van der Waals surface area contributed by atoms with Crippen LogP contribution >= 0.6 is 0 Å². The van der Waals surface area contributed by atoms with Crippen molar-refractivity contribution in [2.24, 2.45) is 5.92 Å². The van der Waals surface area contributed by atoms with Crippen LogP contribution in [0.1, 0.15) is 39.5 Å². The first-order chi connectivity index (χ1) is 7.27. The van der Waals surface area contributed by atoms with Crippen molar-refractivity contribution < 1.29 is 4.79 Å². The molecule has 1 aliphatic carbocycles. The molecule has 3 nitrogen and oxygen atoms in total. The minimum atomic E-state index is 0.114. The van der Waals surface area contributed by atoms with Crippen molar-refractivity contribution in [2.45, 2.75) is 51.6 Å². The highest BCUT2D eigenvalue weighted by Gasteiger charge is 2.46. The SMILES string of the molecule is CCCNC1CCN(C2CC2CC)C1=O. The molecule has 15 heavy (non-hydrogen) atoms. The first kappa shape index (κ1) is 10.9. The largest absolute Gasteiger partial charge is 0.338 e. The van der Waals surface area contributed by atoms with E-state index in [1.165, 1.54) is 12.8 Å². The molecule has 1 heterocycles. The fraction of sp³-hybridized carbons (Fsp3) is 0.917. The summed E-state index contributed by atoms with van der Waals surface area (Å²) in [5.41, 5.74) is 0. The van der Waals surface area contributed by atoms with E-state index < -0.39 is 0 Å². The van der Waals surface area contributed by atoms with Crippen molar-refractivity contribution >= 4 is 5.91 Å². The van der Waals surface area contributed by atoms with Crippen LogP contribution in [0.2, 0.25) is 0 Å². The molecule has 3 unspecified atom stereocenters. The summed E-state index contributed by atoms with van der Waals surface area (Å²) in [6.07, 6.45) is 4.57. The fourth-order valence-electron chi connectivity index (χ4n) is 2.59. The zero-order valence-corrected chi connectivity index (χ0v) is 9.83. The third-order valence-electron chi connectivity index (χ3n) is 3.69. The lowest BCUT2D eigenvalue weighted by Gasteiger charge is -2.17. The number of hydrogen-bond acceptors (Lipinski definition) is 2. The summed E-state index contributed by atoms with van der Waals surface area (Å²) in [7, 11) is 0.